The number of hydrogen-bond acceptors (Lipinski definition) is 3. The van der Waals surface area contributed by atoms with E-state index in [4.69, 9.17) is 5.11 Å². The number of anilines is 1. The Kier molecular flexibility index (Phi) is 5.57. The van der Waals surface area contributed by atoms with E-state index in [0.29, 0.717) is 6.54 Å². The van der Waals surface area contributed by atoms with E-state index in [1.165, 1.54) is 4.90 Å². The molecule has 0 saturated carbocycles. The van der Waals surface area contributed by atoms with Crippen molar-refractivity contribution in [1.82, 2.24) is 14.7 Å². The zero-order valence-corrected chi connectivity index (χ0v) is 11.8. The Bertz CT molecular complexity index is 454. The number of aliphatic hydroxyl groups excluding tert-OH is 1. The van der Waals surface area contributed by atoms with Crippen LogP contribution >= 0.6 is 0 Å². The Balaban J connectivity index is 2.85. The molecule has 2 N–H and O–H groups in total. The molecule has 106 valence electrons. The Morgan fingerprint density at radius 1 is 1.58 bits per heavy atom. The van der Waals surface area contributed by atoms with E-state index >= 15 is 0 Å². The molecule has 6 heteroatoms. The monoisotopic (exact) mass is 266 g/mol. The summed E-state index contributed by atoms with van der Waals surface area (Å²) in [6, 6.07) is -0.254. The Hall–Kier alpha value is -1.82. The quantitative estimate of drug-likeness (QED) is 0.767. The summed E-state index contributed by atoms with van der Waals surface area (Å²) >= 11 is 0. The van der Waals surface area contributed by atoms with Crippen molar-refractivity contribution in [2.75, 3.05) is 25.0 Å². The van der Waals surface area contributed by atoms with Crippen molar-refractivity contribution >= 4 is 11.7 Å². The van der Waals surface area contributed by atoms with Crippen molar-refractivity contribution in [2.24, 2.45) is 0 Å². The lowest BCUT2D eigenvalue weighted by molar-refractivity contribution is 0.195. The van der Waals surface area contributed by atoms with E-state index in [-0.39, 0.29) is 19.2 Å². The third-order valence-electron chi connectivity index (χ3n) is 2.92. The number of aliphatic hydroxyl groups is 1. The molecule has 0 fully saturated rings. The Morgan fingerprint density at radius 3 is 2.74 bits per heavy atom. The first-order chi connectivity index (χ1) is 9.04. The second-order valence-corrected chi connectivity index (χ2v) is 4.25. The topological polar surface area (TPSA) is 70.4 Å². The average Bonchev–Trinajstić information content (AvgIpc) is 2.65. The molecule has 1 aromatic heterocycles. The lowest BCUT2D eigenvalue weighted by Gasteiger charge is -2.20. The van der Waals surface area contributed by atoms with Gasteiger partial charge in [0, 0.05) is 19.6 Å². The molecule has 2 amide bonds. The van der Waals surface area contributed by atoms with Gasteiger partial charge < -0.3 is 15.3 Å². The summed E-state index contributed by atoms with van der Waals surface area (Å²) in [5.74, 6) is 0. The second-order valence-electron chi connectivity index (χ2n) is 4.25. The van der Waals surface area contributed by atoms with Gasteiger partial charge in [0.1, 0.15) is 0 Å². The van der Waals surface area contributed by atoms with Crippen LogP contribution in [-0.2, 0) is 6.54 Å². The number of amides is 2. The highest BCUT2D eigenvalue weighted by Crippen LogP contribution is 2.19. The zero-order chi connectivity index (χ0) is 14.4. The first-order valence-electron chi connectivity index (χ1n) is 6.36. The molecule has 1 heterocycles. The van der Waals surface area contributed by atoms with E-state index in [9.17, 15) is 4.79 Å². The highest BCUT2D eigenvalue weighted by molar-refractivity contribution is 5.90. The van der Waals surface area contributed by atoms with Crippen LogP contribution in [0, 0.1) is 13.8 Å². The maximum absolute atomic E-state index is 12.1. The second kappa shape index (κ2) is 6.94. The van der Waals surface area contributed by atoms with Crippen LogP contribution in [0.2, 0.25) is 0 Å². The van der Waals surface area contributed by atoms with E-state index < -0.39 is 0 Å². The minimum Gasteiger partial charge on any atom is -0.395 e. The van der Waals surface area contributed by atoms with Crippen LogP contribution in [0.25, 0.3) is 0 Å². The maximum Gasteiger partial charge on any atom is 0.322 e. The molecule has 1 aromatic rings. The molecule has 0 atom stereocenters. The molecule has 0 aliphatic carbocycles. The van der Waals surface area contributed by atoms with Gasteiger partial charge >= 0.3 is 6.03 Å². The van der Waals surface area contributed by atoms with Gasteiger partial charge in [-0.2, -0.15) is 5.10 Å². The van der Waals surface area contributed by atoms with Crippen molar-refractivity contribution in [1.29, 1.82) is 0 Å². The lowest BCUT2D eigenvalue weighted by Crippen LogP contribution is -2.37. The molecule has 0 aliphatic heterocycles. The average molecular weight is 266 g/mol. The lowest BCUT2D eigenvalue weighted by atomic mass is 10.3. The molecule has 0 spiro atoms. The third kappa shape index (κ3) is 3.57. The van der Waals surface area contributed by atoms with Crippen LogP contribution in [0.15, 0.2) is 12.7 Å². The predicted octanol–water partition coefficient (Wildman–Crippen LogP) is 1.53. The molecule has 0 radical (unpaired) electrons. The number of hydrogen-bond donors (Lipinski definition) is 2. The fourth-order valence-electron chi connectivity index (χ4n) is 1.92. The molecular weight excluding hydrogens is 244 g/mol. The van der Waals surface area contributed by atoms with Crippen molar-refractivity contribution in [3.05, 3.63) is 24.0 Å². The normalized spacial score (nSPS) is 10.3. The van der Waals surface area contributed by atoms with E-state index in [1.54, 1.807) is 6.08 Å². The molecule has 6 nitrogen and oxygen atoms in total. The van der Waals surface area contributed by atoms with E-state index in [0.717, 1.165) is 23.6 Å². The van der Waals surface area contributed by atoms with Gasteiger partial charge in [-0.25, -0.2) is 4.79 Å². The summed E-state index contributed by atoms with van der Waals surface area (Å²) in [4.78, 5) is 13.6. The molecule has 0 unspecified atom stereocenters. The number of nitrogens with one attached hydrogen (secondary N) is 1. The van der Waals surface area contributed by atoms with Gasteiger partial charge in [0.2, 0.25) is 0 Å². The van der Waals surface area contributed by atoms with E-state index in [1.807, 2.05) is 25.5 Å². The fraction of sp³-hybridized carbons (Fsp3) is 0.538. The van der Waals surface area contributed by atoms with Crippen LogP contribution in [0.1, 0.15) is 18.3 Å². The minimum absolute atomic E-state index is 0.0759. The highest BCUT2D eigenvalue weighted by atomic mass is 16.3. The molecular formula is C13H22N4O2. The smallest absolute Gasteiger partial charge is 0.322 e. The van der Waals surface area contributed by atoms with Crippen molar-refractivity contribution in [3.63, 3.8) is 0 Å². The zero-order valence-electron chi connectivity index (χ0n) is 11.8. The van der Waals surface area contributed by atoms with Crippen LogP contribution in [-0.4, -0.2) is 45.5 Å². The number of aromatic nitrogens is 2. The fourth-order valence-corrected chi connectivity index (χ4v) is 1.92. The van der Waals surface area contributed by atoms with Gasteiger partial charge in [-0.1, -0.05) is 6.08 Å². The Labute approximate surface area is 113 Å². The number of aryl methyl sites for hydroxylation is 2. The molecule has 0 aliphatic rings. The van der Waals surface area contributed by atoms with Crippen molar-refractivity contribution in [3.8, 4) is 0 Å². The predicted molar refractivity (Wildman–Crippen MR) is 75.2 cm³/mol. The largest absolute Gasteiger partial charge is 0.395 e. The first kappa shape index (κ1) is 15.2. The van der Waals surface area contributed by atoms with Crippen LogP contribution in [0.5, 0.6) is 0 Å². The summed E-state index contributed by atoms with van der Waals surface area (Å²) in [7, 11) is 0. The molecule has 19 heavy (non-hydrogen) atoms. The third-order valence-corrected chi connectivity index (χ3v) is 2.92. The SMILES string of the molecule is C=CCN(CCO)C(=O)Nc1c(C)nn(CC)c1C. The molecule has 0 bridgehead atoms. The van der Waals surface area contributed by atoms with Gasteiger partial charge in [0.05, 0.1) is 23.7 Å². The van der Waals surface area contributed by atoms with Crippen LogP contribution < -0.4 is 5.32 Å². The van der Waals surface area contributed by atoms with Gasteiger partial charge in [0.15, 0.2) is 0 Å². The van der Waals surface area contributed by atoms with Crippen molar-refractivity contribution < 1.29 is 9.90 Å². The summed E-state index contributed by atoms with van der Waals surface area (Å²) in [5.41, 5.74) is 2.45. The minimum atomic E-state index is -0.254. The highest BCUT2D eigenvalue weighted by Gasteiger charge is 2.17. The Morgan fingerprint density at radius 2 is 2.26 bits per heavy atom. The van der Waals surface area contributed by atoms with Gasteiger partial charge in [-0.05, 0) is 20.8 Å². The molecule has 0 aromatic carbocycles. The van der Waals surface area contributed by atoms with Gasteiger partial charge in [0.25, 0.3) is 0 Å². The number of rotatable bonds is 6. The molecule has 0 saturated heterocycles. The van der Waals surface area contributed by atoms with Gasteiger partial charge in [-0.3, -0.25) is 4.68 Å². The maximum atomic E-state index is 12.1. The van der Waals surface area contributed by atoms with Gasteiger partial charge in [-0.15, -0.1) is 6.58 Å². The summed E-state index contributed by atoms with van der Waals surface area (Å²) in [6.07, 6.45) is 1.63. The number of carbonyl (C=O) groups excluding carboxylic acids is 1. The number of nitrogens with zero attached hydrogens (tertiary/aromatic N) is 3. The summed E-state index contributed by atoms with van der Waals surface area (Å²) in [5, 5.41) is 16.2. The van der Waals surface area contributed by atoms with Crippen LogP contribution in [0.3, 0.4) is 0 Å². The first-order valence-corrected chi connectivity index (χ1v) is 6.36. The van der Waals surface area contributed by atoms with Crippen molar-refractivity contribution in [2.45, 2.75) is 27.3 Å². The molecule has 1 rings (SSSR count). The summed E-state index contributed by atoms with van der Waals surface area (Å²) < 4.78 is 1.84. The summed E-state index contributed by atoms with van der Waals surface area (Å²) in [6.45, 7) is 10.7. The van der Waals surface area contributed by atoms with Crippen LogP contribution in [0.4, 0.5) is 10.5 Å². The van der Waals surface area contributed by atoms with E-state index in [2.05, 4.69) is 17.0 Å². The number of urea groups is 1. The standard InChI is InChI=1S/C13H22N4O2/c1-5-7-16(8-9-18)13(19)14-12-10(3)15-17(6-2)11(12)4/h5,18H,1,6-9H2,2-4H3,(H,14,19). The number of carbonyl (C=O) groups is 1.